The Labute approximate surface area is 172 Å². The van der Waals surface area contributed by atoms with Crippen molar-refractivity contribution in [2.45, 2.75) is 24.3 Å². The van der Waals surface area contributed by atoms with Gasteiger partial charge in [-0.1, -0.05) is 29.8 Å². The summed E-state index contributed by atoms with van der Waals surface area (Å²) in [5, 5.41) is 2.85. The molecule has 7 nitrogen and oxygen atoms in total. The fourth-order valence-electron chi connectivity index (χ4n) is 3.12. The molecule has 0 fully saturated rings. The van der Waals surface area contributed by atoms with Gasteiger partial charge in [0.2, 0.25) is 0 Å². The zero-order valence-corrected chi connectivity index (χ0v) is 17.8. The van der Waals surface area contributed by atoms with Crippen LogP contribution >= 0.6 is 0 Å². The molecule has 2 aromatic carbocycles. The number of carbonyl (C=O) groups is 1. The van der Waals surface area contributed by atoms with Crippen molar-refractivity contribution >= 4 is 21.6 Å². The maximum absolute atomic E-state index is 13.3. The normalized spacial score (nSPS) is 16.3. The lowest BCUT2D eigenvalue weighted by Gasteiger charge is -2.34. The zero-order valence-electron chi connectivity index (χ0n) is 17.0. The van der Waals surface area contributed by atoms with Gasteiger partial charge in [-0.2, -0.15) is 0 Å². The third-order valence-electron chi connectivity index (χ3n) is 4.72. The molecule has 0 saturated carbocycles. The van der Waals surface area contributed by atoms with E-state index in [1.54, 1.807) is 48.5 Å². The highest BCUT2D eigenvalue weighted by atomic mass is 32.2. The van der Waals surface area contributed by atoms with Crippen LogP contribution in [0.1, 0.15) is 12.0 Å². The molecule has 1 heterocycles. The molecule has 3 rings (SSSR count). The van der Waals surface area contributed by atoms with Gasteiger partial charge >= 0.3 is 0 Å². The summed E-state index contributed by atoms with van der Waals surface area (Å²) in [5.41, 5.74) is 1.41. The molecule has 0 aromatic heterocycles. The van der Waals surface area contributed by atoms with Crippen LogP contribution in [0.15, 0.2) is 53.4 Å². The van der Waals surface area contributed by atoms with Crippen LogP contribution in [-0.2, 0) is 14.8 Å². The number of aryl methyl sites for hydroxylation is 1. The summed E-state index contributed by atoms with van der Waals surface area (Å²) in [6.07, 6.45) is -0.113. The first kappa shape index (κ1) is 21.1. The Balaban J connectivity index is 1.83. The molecule has 0 aliphatic carbocycles. The number of amides is 1. The van der Waals surface area contributed by atoms with Gasteiger partial charge in [-0.3, -0.25) is 9.10 Å². The molecule has 1 atom stereocenters. The summed E-state index contributed by atoms with van der Waals surface area (Å²) >= 11 is 0. The second kappa shape index (κ2) is 8.84. The average molecular weight is 418 g/mol. The van der Waals surface area contributed by atoms with Gasteiger partial charge in [0.15, 0.2) is 6.10 Å². The lowest BCUT2D eigenvalue weighted by molar-refractivity contribution is -0.127. The highest BCUT2D eigenvalue weighted by Crippen LogP contribution is 2.36. The van der Waals surface area contributed by atoms with Crippen LogP contribution in [0, 0.1) is 6.92 Å². The molecular formula is C21H27N3O4S. The molecule has 0 spiro atoms. The van der Waals surface area contributed by atoms with Gasteiger partial charge < -0.3 is 15.0 Å². The summed E-state index contributed by atoms with van der Waals surface area (Å²) in [6, 6.07) is 13.6. The van der Waals surface area contributed by atoms with Gasteiger partial charge in [0.1, 0.15) is 5.75 Å². The number of carbonyl (C=O) groups excluding carboxylic acids is 1. The largest absolute Gasteiger partial charge is 0.476 e. The van der Waals surface area contributed by atoms with Gasteiger partial charge in [-0.15, -0.1) is 0 Å². The number of ether oxygens (including phenoxy) is 1. The van der Waals surface area contributed by atoms with E-state index >= 15 is 0 Å². The third kappa shape index (κ3) is 4.89. The Hall–Kier alpha value is -2.58. The van der Waals surface area contributed by atoms with E-state index in [4.69, 9.17) is 4.74 Å². The number of benzene rings is 2. The number of hydrogen-bond donors (Lipinski definition) is 1. The van der Waals surface area contributed by atoms with E-state index in [9.17, 15) is 13.2 Å². The summed E-state index contributed by atoms with van der Waals surface area (Å²) in [6.45, 7) is 3.18. The molecule has 0 radical (unpaired) electrons. The van der Waals surface area contributed by atoms with Crippen molar-refractivity contribution in [1.82, 2.24) is 10.2 Å². The highest BCUT2D eigenvalue weighted by Gasteiger charge is 2.37. The molecule has 29 heavy (non-hydrogen) atoms. The number of rotatable bonds is 7. The maximum Gasteiger partial charge on any atom is 0.264 e. The topological polar surface area (TPSA) is 79.0 Å². The molecule has 1 aliphatic heterocycles. The molecule has 156 valence electrons. The Morgan fingerprint density at radius 1 is 1.17 bits per heavy atom. The first-order valence-electron chi connectivity index (χ1n) is 9.56. The molecule has 8 heteroatoms. The van der Waals surface area contributed by atoms with E-state index in [0.29, 0.717) is 18.0 Å². The van der Waals surface area contributed by atoms with Crippen LogP contribution in [0.4, 0.5) is 5.69 Å². The molecule has 0 saturated heterocycles. The zero-order chi connectivity index (χ0) is 21.0. The number of nitrogens with one attached hydrogen (secondary N) is 1. The minimum absolute atomic E-state index is 0.0766. The first-order valence-corrected chi connectivity index (χ1v) is 11.0. The minimum atomic E-state index is -3.83. The van der Waals surface area contributed by atoms with Gasteiger partial charge in [0.25, 0.3) is 15.9 Å². The van der Waals surface area contributed by atoms with Crippen molar-refractivity contribution in [3.63, 3.8) is 0 Å². The van der Waals surface area contributed by atoms with Crippen molar-refractivity contribution in [2.24, 2.45) is 0 Å². The maximum atomic E-state index is 13.3. The van der Waals surface area contributed by atoms with Gasteiger partial charge in [0.05, 0.1) is 17.1 Å². The fourth-order valence-corrected chi connectivity index (χ4v) is 4.60. The Bertz CT molecular complexity index is 958. The monoisotopic (exact) mass is 417 g/mol. The summed E-state index contributed by atoms with van der Waals surface area (Å²) in [7, 11) is 0.110. The van der Waals surface area contributed by atoms with Crippen LogP contribution in [0.2, 0.25) is 0 Å². The molecule has 0 unspecified atom stereocenters. The number of fused-ring (bicyclic) bond motifs is 1. The molecule has 0 bridgehead atoms. The number of para-hydroxylation sites is 2. The van der Waals surface area contributed by atoms with Crippen molar-refractivity contribution < 1.29 is 17.9 Å². The molecular weight excluding hydrogens is 390 g/mol. The molecule has 1 N–H and O–H groups in total. The smallest absolute Gasteiger partial charge is 0.264 e. The average Bonchev–Trinajstić information content (AvgIpc) is 2.70. The Kier molecular flexibility index (Phi) is 6.44. The predicted octanol–water partition coefficient (Wildman–Crippen LogP) is 2.02. The van der Waals surface area contributed by atoms with Crippen LogP contribution < -0.4 is 14.4 Å². The van der Waals surface area contributed by atoms with Gasteiger partial charge in [-0.25, -0.2) is 8.42 Å². The molecule has 1 amide bonds. The quantitative estimate of drug-likeness (QED) is 0.698. The predicted molar refractivity (Wildman–Crippen MR) is 113 cm³/mol. The van der Waals surface area contributed by atoms with Crippen LogP contribution in [0.5, 0.6) is 5.75 Å². The van der Waals surface area contributed by atoms with Gasteiger partial charge in [0, 0.05) is 6.54 Å². The second-order valence-corrected chi connectivity index (χ2v) is 9.23. The van der Waals surface area contributed by atoms with E-state index < -0.39 is 16.1 Å². The van der Waals surface area contributed by atoms with Crippen molar-refractivity contribution in [2.75, 3.05) is 38.0 Å². The van der Waals surface area contributed by atoms with Crippen LogP contribution in [0.3, 0.4) is 0 Å². The summed E-state index contributed by atoms with van der Waals surface area (Å²) < 4.78 is 33.7. The minimum Gasteiger partial charge on any atom is -0.476 e. The van der Waals surface area contributed by atoms with Crippen molar-refractivity contribution in [1.29, 1.82) is 0 Å². The van der Waals surface area contributed by atoms with Crippen molar-refractivity contribution in [3.05, 3.63) is 54.1 Å². The van der Waals surface area contributed by atoms with Gasteiger partial charge in [-0.05, 0) is 58.3 Å². The van der Waals surface area contributed by atoms with Crippen LogP contribution in [0.25, 0.3) is 0 Å². The van der Waals surface area contributed by atoms with Crippen molar-refractivity contribution in [3.8, 4) is 5.75 Å². The standard InChI is InChI=1S/C21H27N3O4S/c1-16-9-11-17(12-10-16)29(26,27)24-15-20(21(25)22-13-6-14-23(2)3)28-19-8-5-4-7-18(19)24/h4-5,7-12,20H,6,13-15H2,1-3H3,(H,22,25)/t20-/m1/s1. The second-order valence-electron chi connectivity index (χ2n) is 7.37. The highest BCUT2D eigenvalue weighted by molar-refractivity contribution is 7.92. The first-order chi connectivity index (χ1) is 13.8. The summed E-state index contributed by atoms with van der Waals surface area (Å²) in [4.78, 5) is 14.9. The number of sulfonamides is 1. The Morgan fingerprint density at radius 2 is 1.86 bits per heavy atom. The molecule has 1 aliphatic rings. The lowest BCUT2D eigenvalue weighted by Crippen LogP contribution is -2.50. The lowest BCUT2D eigenvalue weighted by atomic mass is 10.2. The van der Waals surface area contributed by atoms with E-state index in [1.807, 2.05) is 25.9 Å². The van der Waals surface area contributed by atoms with E-state index in [2.05, 4.69) is 5.32 Å². The van der Waals surface area contributed by atoms with Crippen LogP contribution in [-0.4, -0.2) is 59.1 Å². The molecule has 2 aromatic rings. The fraction of sp³-hybridized carbons (Fsp3) is 0.381. The van der Waals surface area contributed by atoms with E-state index in [0.717, 1.165) is 18.5 Å². The number of anilines is 1. The third-order valence-corrected chi connectivity index (χ3v) is 6.51. The number of nitrogens with zero attached hydrogens (tertiary/aromatic N) is 2. The van der Waals surface area contributed by atoms with E-state index in [-0.39, 0.29) is 17.3 Å². The SMILES string of the molecule is Cc1ccc(S(=O)(=O)N2C[C@H](C(=O)NCCCN(C)C)Oc3ccccc32)cc1. The summed E-state index contributed by atoms with van der Waals surface area (Å²) in [5.74, 6) is 0.0604. The number of hydrogen-bond acceptors (Lipinski definition) is 5. The van der Waals surface area contributed by atoms with E-state index in [1.165, 1.54) is 4.31 Å². The Morgan fingerprint density at radius 3 is 2.55 bits per heavy atom.